The van der Waals surface area contributed by atoms with Crippen LogP contribution in [0, 0.1) is 20.8 Å². The lowest BCUT2D eigenvalue weighted by Gasteiger charge is -2.14. The number of benzene rings is 2. The van der Waals surface area contributed by atoms with Gasteiger partial charge in [0.1, 0.15) is 11.6 Å². The van der Waals surface area contributed by atoms with Crippen molar-refractivity contribution in [1.29, 1.82) is 0 Å². The molecule has 2 aromatic heterocycles. The number of aryl methyl sites for hydroxylation is 3. The summed E-state index contributed by atoms with van der Waals surface area (Å²) in [4.78, 5) is 9.13. The number of hydrogen-bond acceptors (Lipinski definition) is 5. The smallest absolute Gasteiger partial charge is 0.254 e. The molecule has 0 fully saturated rings. The summed E-state index contributed by atoms with van der Waals surface area (Å²) >= 11 is 6.23. The topological polar surface area (TPSA) is 64.3 Å². The van der Waals surface area contributed by atoms with E-state index in [1.165, 1.54) is 0 Å². The van der Waals surface area contributed by atoms with Crippen molar-refractivity contribution in [1.82, 2.24) is 19.6 Å². The zero-order chi connectivity index (χ0) is 19.8. The van der Waals surface area contributed by atoms with Gasteiger partial charge < -0.3 is 10.1 Å². The number of hydrogen-bond donors (Lipinski definition) is 1. The highest BCUT2D eigenvalue weighted by Gasteiger charge is 2.14. The molecule has 6 nitrogen and oxygen atoms in total. The average Bonchev–Trinajstić information content (AvgIpc) is 3.08. The molecule has 0 unspecified atom stereocenters. The molecule has 0 saturated carbocycles. The van der Waals surface area contributed by atoms with Gasteiger partial charge in [0.25, 0.3) is 5.78 Å². The van der Waals surface area contributed by atoms with E-state index in [2.05, 4.69) is 26.4 Å². The highest BCUT2D eigenvalue weighted by Crippen LogP contribution is 2.33. The van der Waals surface area contributed by atoms with Crippen LogP contribution in [0.2, 0.25) is 5.02 Å². The molecule has 0 radical (unpaired) electrons. The normalized spacial score (nSPS) is 11.0. The van der Waals surface area contributed by atoms with Crippen LogP contribution in [0.3, 0.4) is 0 Å². The van der Waals surface area contributed by atoms with E-state index < -0.39 is 0 Å². The molecular formula is C21H20ClN5O. The Kier molecular flexibility index (Phi) is 4.65. The third kappa shape index (κ3) is 3.39. The van der Waals surface area contributed by atoms with Crippen molar-refractivity contribution in [2.75, 3.05) is 12.4 Å². The Morgan fingerprint density at radius 3 is 2.61 bits per heavy atom. The summed E-state index contributed by atoms with van der Waals surface area (Å²) in [7, 11) is 1.62. The quantitative estimate of drug-likeness (QED) is 0.521. The molecule has 142 valence electrons. The van der Waals surface area contributed by atoms with Crippen molar-refractivity contribution in [2.24, 2.45) is 0 Å². The van der Waals surface area contributed by atoms with Crippen molar-refractivity contribution in [2.45, 2.75) is 20.8 Å². The molecule has 0 aliphatic heterocycles. The summed E-state index contributed by atoms with van der Waals surface area (Å²) in [5.41, 5.74) is 4.69. The Hall–Kier alpha value is -3.12. The van der Waals surface area contributed by atoms with Gasteiger partial charge in [0.15, 0.2) is 5.82 Å². The van der Waals surface area contributed by atoms with E-state index in [0.29, 0.717) is 22.4 Å². The predicted molar refractivity (Wildman–Crippen MR) is 112 cm³/mol. The molecule has 28 heavy (non-hydrogen) atoms. The van der Waals surface area contributed by atoms with Crippen LogP contribution in [-0.2, 0) is 0 Å². The summed E-state index contributed by atoms with van der Waals surface area (Å²) in [6, 6.07) is 13.8. The maximum atomic E-state index is 6.23. The first-order valence-electron chi connectivity index (χ1n) is 8.87. The molecular weight excluding hydrogens is 374 g/mol. The SMILES string of the molecule is COc1cc(Cl)c(C)cc1Nc1cc(C)nc2nc(-c3cccc(C)c3)nn12. The van der Waals surface area contributed by atoms with E-state index in [0.717, 1.165) is 33.9 Å². The first-order valence-corrected chi connectivity index (χ1v) is 9.25. The van der Waals surface area contributed by atoms with Gasteiger partial charge in [0, 0.05) is 28.4 Å². The van der Waals surface area contributed by atoms with Gasteiger partial charge >= 0.3 is 0 Å². The number of rotatable bonds is 4. The molecule has 0 amide bonds. The fraction of sp³-hybridized carbons (Fsp3) is 0.190. The van der Waals surface area contributed by atoms with Gasteiger partial charge in [0.2, 0.25) is 0 Å². The van der Waals surface area contributed by atoms with Crippen molar-refractivity contribution in [3.8, 4) is 17.1 Å². The van der Waals surface area contributed by atoms with E-state index in [4.69, 9.17) is 16.3 Å². The van der Waals surface area contributed by atoms with Gasteiger partial charge in [-0.15, -0.1) is 5.10 Å². The van der Waals surface area contributed by atoms with Crippen molar-refractivity contribution in [3.05, 3.63) is 64.3 Å². The zero-order valence-electron chi connectivity index (χ0n) is 16.1. The second kappa shape index (κ2) is 7.13. The molecule has 0 atom stereocenters. The van der Waals surface area contributed by atoms with Gasteiger partial charge in [-0.3, -0.25) is 0 Å². The summed E-state index contributed by atoms with van der Waals surface area (Å²) in [6.45, 7) is 5.92. The third-order valence-corrected chi connectivity index (χ3v) is 4.87. The van der Waals surface area contributed by atoms with Crippen LogP contribution in [0.4, 0.5) is 11.5 Å². The summed E-state index contributed by atoms with van der Waals surface area (Å²) in [6.07, 6.45) is 0. The third-order valence-electron chi connectivity index (χ3n) is 4.46. The van der Waals surface area contributed by atoms with E-state index in [1.54, 1.807) is 17.7 Å². The van der Waals surface area contributed by atoms with Crippen LogP contribution in [0.25, 0.3) is 17.2 Å². The van der Waals surface area contributed by atoms with Crippen molar-refractivity contribution in [3.63, 3.8) is 0 Å². The van der Waals surface area contributed by atoms with Crippen LogP contribution in [0.5, 0.6) is 5.75 Å². The maximum Gasteiger partial charge on any atom is 0.254 e. The highest BCUT2D eigenvalue weighted by molar-refractivity contribution is 6.31. The summed E-state index contributed by atoms with van der Waals surface area (Å²) in [5.74, 6) is 2.55. The van der Waals surface area contributed by atoms with Crippen LogP contribution < -0.4 is 10.1 Å². The first-order chi connectivity index (χ1) is 13.4. The minimum Gasteiger partial charge on any atom is -0.495 e. The number of halogens is 1. The fourth-order valence-electron chi connectivity index (χ4n) is 3.05. The number of nitrogens with zero attached hydrogens (tertiary/aromatic N) is 4. The van der Waals surface area contributed by atoms with Crippen molar-refractivity contribution >= 4 is 28.9 Å². The van der Waals surface area contributed by atoms with E-state index in [1.807, 2.05) is 51.1 Å². The Labute approximate surface area is 168 Å². The Morgan fingerprint density at radius 2 is 1.86 bits per heavy atom. The Morgan fingerprint density at radius 1 is 1.04 bits per heavy atom. The largest absolute Gasteiger partial charge is 0.495 e. The molecule has 2 aromatic carbocycles. The van der Waals surface area contributed by atoms with Gasteiger partial charge in [-0.2, -0.15) is 9.50 Å². The molecule has 0 spiro atoms. The van der Waals surface area contributed by atoms with E-state index >= 15 is 0 Å². The van der Waals surface area contributed by atoms with Gasteiger partial charge in [0.05, 0.1) is 12.8 Å². The molecule has 0 aliphatic carbocycles. The van der Waals surface area contributed by atoms with Gasteiger partial charge in [-0.05, 0) is 38.5 Å². The maximum absolute atomic E-state index is 6.23. The molecule has 1 N–H and O–H groups in total. The fourth-order valence-corrected chi connectivity index (χ4v) is 3.20. The number of fused-ring (bicyclic) bond motifs is 1. The van der Waals surface area contributed by atoms with Crippen LogP contribution in [-0.4, -0.2) is 26.7 Å². The summed E-state index contributed by atoms with van der Waals surface area (Å²) in [5, 5.41) is 8.71. The van der Waals surface area contributed by atoms with Gasteiger partial charge in [-0.1, -0.05) is 35.4 Å². The van der Waals surface area contributed by atoms with Crippen LogP contribution in [0.1, 0.15) is 16.8 Å². The Balaban J connectivity index is 1.83. The summed E-state index contributed by atoms with van der Waals surface area (Å²) < 4.78 is 7.18. The van der Waals surface area contributed by atoms with Gasteiger partial charge in [-0.25, -0.2) is 4.98 Å². The number of nitrogens with one attached hydrogen (secondary N) is 1. The van der Waals surface area contributed by atoms with Crippen molar-refractivity contribution < 1.29 is 4.74 Å². The lowest BCUT2D eigenvalue weighted by Crippen LogP contribution is -2.04. The molecule has 4 rings (SSSR count). The lowest BCUT2D eigenvalue weighted by atomic mass is 10.1. The molecule has 7 heteroatoms. The highest BCUT2D eigenvalue weighted by atomic mass is 35.5. The molecule has 0 aliphatic rings. The van der Waals surface area contributed by atoms with Crippen LogP contribution >= 0.6 is 11.6 Å². The number of anilines is 2. The minimum atomic E-state index is 0.531. The van der Waals surface area contributed by atoms with Crippen LogP contribution in [0.15, 0.2) is 42.5 Å². The first kappa shape index (κ1) is 18.3. The standard InChI is InChI=1S/C21H20ClN5O/c1-12-6-5-7-15(8-12)20-25-21-23-14(3)10-19(27(21)26-20)24-17-9-13(2)16(22)11-18(17)28-4/h5-11,24H,1-4H3. The van der Waals surface area contributed by atoms with E-state index in [-0.39, 0.29) is 0 Å². The second-order valence-electron chi connectivity index (χ2n) is 6.73. The molecule has 4 aromatic rings. The second-order valence-corrected chi connectivity index (χ2v) is 7.13. The Bertz CT molecular complexity index is 1190. The molecule has 0 bridgehead atoms. The zero-order valence-corrected chi connectivity index (χ0v) is 16.9. The minimum absolute atomic E-state index is 0.531. The average molecular weight is 394 g/mol. The monoisotopic (exact) mass is 393 g/mol. The lowest BCUT2D eigenvalue weighted by molar-refractivity contribution is 0.416. The molecule has 0 saturated heterocycles. The number of methoxy groups -OCH3 is 1. The number of ether oxygens (including phenoxy) is 1. The molecule has 2 heterocycles. The number of aromatic nitrogens is 4. The predicted octanol–water partition coefficient (Wildman–Crippen LogP) is 5.12. The van der Waals surface area contributed by atoms with E-state index in [9.17, 15) is 0 Å².